The lowest BCUT2D eigenvalue weighted by Crippen LogP contribution is -2.06. The van der Waals surface area contributed by atoms with Gasteiger partial charge in [-0.05, 0) is 26.8 Å². The number of hydrogen-bond donors (Lipinski definition) is 1. The fourth-order valence-corrected chi connectivity index (χ4v) is 2.50. The van der Waals surface area contributed by atoms with Crippen LogP contribution in [-0.4, -0.2) is 24.5 Å². The average Bonchev–Trinajstić information content (AvgIpc) is 3.05. The van der Waals surface area contributed by atoms with Crippen molar-refractivity contribution in [2.45, 2.75) is 33.4 Å². The summed E-state index contributed by atoms with van der Waals surface area (Å²) in [7, 11) is 1.91. The molecule has 1 N–H and O–H groups in total. The van der Waals surface area contributed by atoms with Gasteiger partial charge in [-0.1, -0.05) is 0 Å². The second kappa shape index (κ2) is 5.20. The number of aromatic nitrogens is 5. The number of anilines is 1. The van der Waals surface area contributed by atoms with Gasteiger partial charge < -0.3 is 5.32 Å². The molecule has 0 aliphatic carbocycles. The van der Waals surface area contributed by atoms with E-state index in [-0.39, 0.29) is 6.04 Å². The second-order valence-corrected chi connectivity index (χ2v) is 5.30. The Morgan fingerprint density at radius 1 is 1.33 bits per heavy atom. The minimum absolute atomic E-state index is 0.182. The highest BCUT2D eigenvalue weighted by Crippen LogP contribution is 2.23. The van der Waals surface area contributed by atoms with Gasteiger partial charge in [-0.15, -0.1) is 0 Å². The molecule has 3 heterocycles. The molecule has 0 spiro atoms. The summed E-state index contributed by atoms with van der Waals surface area (Å²) in [6.07, 6.45) is 5.82. The van der Waals surface area contributed by atoms with E-state index < -0.39 is 0 Å². The van der Waals surface area contributed by atoms with Crippen LogP contribution in [0.2, 0.25) is 0 Å². The van der Waals surface area contributed by atoms with Crippen molar-refractivity contribution in [2.24, 2.45) is 7.05 Å². The standard InChI is InChI=1S/C15H20N6/c1-5-21-9-12(7-17-21)10(2)18-13-6-14-11(3)19-20(4)15(14)16-8-13/h6-10,18H,5H2,1-4H3. The molecule has 110 valence electrons. The number of pyridine rings is 1. The molecule has 0 fully saturated rings. The summed E-state index contributed by atoms with van der Waals surface area (Å²) < 4.78 is 3.74. The summed E-state index contributed by atoms with van der Waals surface area (Å²) in [5, 5.41) is 13.3. The highest BCUT2D eigenvalue weighted by Gasteiger charge is 2.11. The minimum atomic E-state index is 0.182. The van der Waals surface area contributed by atoms with E-state index in [1.54, 1.807) is 0 Å². The van der Waals surface area contributed by atoms with Crippen LogP contribution in [0.4, 0.5) is 5.69 Å². The first kappa shape index (κ1) is 13.6. The lowest BCUT2D eigenvalue weighted by atomic mass is 10.2. The molecule has 3 aromatic heterocycles. The van der Waals surface area contributed by atoms with E-state index in [1.807, 2.05) is 35.7 Å². The number of hydrogen-bond acceptors (Lipinski definition) is 4. The van der Waals surface area contributed by atoms with Crippen LogP contribution in [0.15, 0.2) is 24.7 Å². The summed E-state index contributed by atoms with van der Waals surface area (Å²) in [6.45, 7) is 7.09. The van der Waals surface area contributed by atoms with Gasteiger partial charge >= 0.3 is 0 Å². The predicted molar refractivity (Wildman–Crippen MR) is 83.2 cm³/mol. The van der Waals surface area contributed by atoms with Crippen LogP contribution in [0.1, 0.15) is 31.1 Å². The van der Waals surface area contributed by atoms with Gasteiger partial charge in [0, 0.05) is 30.7 Å². The van der Waals surface area contributed by atoms with E-state index in [9.17, 15) is 0 Å². The van der Waals surface area contributed by atoms with Crippen molar-refractivity contribution in [2.75, 3.05) is 5.32 Å². The van der Waals surface area contributed by atoms with Crippen LogP contribution in [0.25, 0.3) is 11.0 Å². The van der Waals surface area contributed by atoms with Gasteiger partial charge in [-0.3, -0.25) is 9.36 Å². The fraction of sp³-hybridized carbons (Fsp3) is 0.400. The zero-order valence-corrected chi connectivity index (χ0v) is 12.8. The zero-order valence-electron chi connectivity index (χ0n) is 12.8. The first-order chi connectivity index (χ1) is 10.1. The second-order valence-electron chi connectivity index (χ2n) is 5.30. The predicted octanol–water partition coefficient (Wildman–Crippen LogP) is 2.67. The summed E-state index contributed by atoms with van der Waals surface area (Å²) in [5.41, 5.74) is 4.06. The molecule has 0 saturated heterocycles. The van der Waals surface area contributed by atoms with Crippen molar-refractivity contribution in [3.05, 3.63) is 35.9 Å². The monoisotopic (exact) mass is 284 g/mol. The molecule has 1 unspecified atom stereocenters. The number of aryl methyl sites for hydroxylation is 3. The number of nitrogens with zero attached hydrogens (tertiary/aromatic N) is 5. The van der Waals surface area contributed by atoms with Crippen LogP contribution in [0, 0.1) is 6.92 Å². The van der Waals surface area contributed by atoms with E-state index in [4.69, 9.17) is 0 Å². The maximum atomic E-state index is 4.49. The number of nitrogens with one attached hydrogen (secondary N) is 1. The smallest absolute Gasteiger partial charge is 0.157 e. The van der Waals surface area contributed by atoms with Crippen molar-refractivity contribution in [1.82, 2.24) is 24.5 Å². The largest absolute Gasteiger partial charge is 0.377 e. The molecule has 6 nitrogen and oxygen atoms in total. The van der Waals surface area contributed by atoms with Gasteiger partial charge in [0.05, 0.1) is 29.8 Å². The molecular formula is C15H20N6. The van der Waals surface area contributed by atoms with Crippen molar-refractivity contribution in [3.8, 4) is 0 Å². The van der Waals surface area contributed by atoms with E-state index in [1.165, 1.54) is 5.56 Å². The Balaban J connectivity index is 1.85. The molecule has 0 aliphatic rings. The maximum Gasteiger partial charge on any atom is 0.157 e. The Hall–Kier alpha value is -2.37. The van der Waals surface area contributed by atoms with Gasteiger partial charge in [-0.2, -0.15) is 10.2 Å². The van der Waals surface area contributed by atoms with Gasteiger partial charge in [0.15, 0.2) is 5.65 Å². The molecule has 0 bridgehead atoms. The van der Waals surface area contributed by atoms with Gasteiger partial charge in [0.1, 0.15) is 0 Å². The van der Waals surface area contributed by atoms with Crippen LogP contribution >= 0.6 is 0 Å². The molecular weight excluding hydrogens is 264 g/mol. The van der Waals surface area contributed by atoms with Crippen LogP contribution < -0.4 is 5.32 Å². The number of rotatable bonds is 4. The van der Waals surface area contributed by atoms with Crippen LogP contribution in [0.5, 0.6) is 0 Å². The molecule has 1 atom stereocenters. The first-order valence-corrected chi connectivity index (χ1v) is 7.16. The van der Waals surface area contributed by atoms with Crippen molar-refractivity contribution in [1.29, 1.82) is 0 Å². The van der Waals surface area contributed by atoms with E-state index in [0.717, 1.165) is 29.0 Å². The van der Waals surface area contributed by atoms with E-state index in [0.29, 0.717) is 0 Å². The molecule has 0 radical (unpaired) electrons. The van der Waals surface area contributed by atoms with Gasteiger partial charge in [0.25, 0.3) is 0 Å². The fourth-order valence-electron chi connectivity index (χ4n) is 2.50. The Morgan fingerprint density at radius 3 is 2.86 bits per heavy atom. The summed E-state index contributed by atoms with van der Waals surface area (Å²) in [5.74, 6) is 0. The van der Waals surface area contributed by atoms with E-state index in [2.05, 4.69) is 46.6 Å². The highest BCUT2D eigenvalue weighted by molar-refractivity contribution is 5.81. The topological polar surface area (TPSA) is 60.6 Å². The number of fused-ring (bicyclic) bond motifs is 1. The Morgan fingerprint density at radius 2 is 2.14 bits per heavy atom. The molecule has 6 heteroatoms. The molecule has 3 aromatic rings. The molecule has 0 aliphatic heterocycles. The summed E-state index contributed by atoms with van der Waals surface area (Å²) in [6, 6.07) is 2.28. The van der Waals surface area contributed by atoms with Crippen molar-refractivity contribution in [3.63, 3.8) is 0 Å². The molecule has 0 saturated carbocycles. The molecule has 21 heavy (non-hydrogen) atoms. The third kappa shape index (κ3) is 2.49. The third-order valence-corrected chi connectivity index (χ3v) is 3.72. The highest BCUT2D eigenvalue weighted by atomic mass is 15.3. The minimum Gasteiger partial charge on any atom is -0.377 e. The quantitative estimate of drug-likeness (QED) is 0.800. The molecule has 0 aromatic carbocycles. The summed E-state index contributed by atoms with van der Waals surface area (Å²) in [4.78, 5) is 4.49. The van der Waals surface area contributed by atoms with Gasteiger partial charge in [-0.25, -0.2) is 4.98 Å². The van der Waals surface area contributed by atoms with Crippen molar-refractivity contribution < 1.29 is 0 Å². The Kier molecular flexibility index (Phi) is 3.37. The normalized spacial score (nSPS) is 12.8. The van der Waals surface area contributed by atoms with Crippen LogP contribution in [0.3, 0.4) is 0 Å². The Labute approximate surface area is 123 Å². The lowest BCUT2D eigenvalue weighted by Gasteiger charge is -2.13. The van der Waals surface area contributed by atoms with Crippen LogP contribution in [-0.2, 0) is 13.6 Å². The average molecular weight is 284 g/mol. The van der Waals surface area contributed by atoms with Crippen molar-refractivity contribution >= 4 is 16.7 Å². The third-order valence-electron chi connectivity index (χ3n) is 3.72. The summed E-state index contributed by atoms with van der Waals surface area (Å²) >= 11 is 0. The van der Waals surface area contributed by atoms with E-state index >= 15 is 0 Å². The lowest BCUT2D eigenvalue weighted by molar-refractivity contribution is 0.658. The first-order valence-electron chi connectivity index (χ1n) is 7.16. The zero-order chi connectivity index (χ0) is 15.0. The van der Waals surface area contributed by atoms with Gasteiger partial charge in [0.2, 0.25) is 0 Å². The molecule has 0 amide bonds. The SMILES string of the molecule is CCn1cc(C(C)Nc2cnc3c(c2)c(C)nn3C)cn1. The maximum absolute atomic E-state index is 4.49. The Bertz CT molecular complexity index is 770. The molecule has 3 rings (SSSR count).